The molecule has 10 heteroatoms. The van der Waals surface area contributed by atoms with Gasteiger partial charge in [0.05, 0.1) is 6.20 Å². The molecule has 1 rings (SSSR count). The van der Waals surface area contributed by atoms with Crippen molar-refractivity contribution in [2.75, 3.05) is 26.0 Å². The predicted octanol–water partition coefficient (Wildman–Crippen LogP) is 1.56. The maximum Gasteiger partial charge on any atom is 0.427 e. The molecule has 0 saturated carbocycles. The Bertz CT molecular complexity index is 555. The number of anilines is 1. The first kappa shape index (κ1) is 18.4. The molecule has 0 spiro atoms. The van der Waals surface area contributed by atoms with Crippen LogP contribution in [0.25, 0.3) is 0 Å². The van der Waals surface area contributed by atoms with E-state index in [-0.39, 0.29) is 28.6 Å². The molecule has 1 aromatic rings. The Balaban J connectivity index is 2.58. The molecule has 0 saturated heterocycles. The first-order valence-corrected chi connectivity index (χ1v) is 7.05. The van der Waals surface area contributed by atoms with E-state index in [1.54, 1.807) is 0 Å². The lowest BCUT2D eigenvalue weighted by Crippen LogP contribution is -2.50. The van der Waals surface area contributed by atoms with E-state index in [1.807, 2.05) is 38.2 Å². The van der Waals surface area contributed by atoms with Crippen LogP contribution in [-0.4, -0.2) is 47.9 Å². The third-order valence-electron chi connectivity index (χ3n) is 3.10. The first-order chi connectivity index (χ1) is 9.93. The lowest BCUT2D eigenvalue weighted by Gasteiger charge is -2.32. The van der Waals surface area contributed by atoms with Gasteiger partial charge < -0.3 is 10.2 Å². The lowest BCUT2D eigenvalue weighted by molar-refractivity contribution is -0.136. The first-order valence-electron chi connectivity index (χ1n) is 6.23. The molecule has 6 nitrogen and oxygen atoms in total. The average Bonchev–Trinajstić information content (AvgIpc) is 2.84. The molecule has 0 atom stereocenters. The summed E-state index contributed by atoms with van der Waals surface area (Å²) in [4.78, 5) is 27.6. The summed E-state index contributed by atoms with van der Waals surface area (Å²) in [5.74, 6) is -1.99. The van der Waals surface area contributed by atoms with Crippen LogP contribution < -0.4 is 10.6 Å². The van der Waals surface area contributed by atoms with Gasteiger partial charge >= 0.3 is 18.0 Å². The highest BCUT2D eigenvalue weighted by molar-refractivity contribution is 7.15. The molecule has 0 unspecified atom stereocenters. The Morgan fingerprint density at radius 3 is 2.32 bits per heavy atom. The summed E-state index contributed by atoms with van der Waals surface area (Å²) in [7, 11) is 3.64. The van der Waals surface area contributed by atoms with Crippen molar-refractivity contribution < 1.29 is 22.8 Å². The van der Waals surface area contributed by atoms with Crippen molar-refractivity contribution >= 4 is 28.3 Å². The Labute approximate surface area is 129 Å². The molecule has 1 aromatic heterocycles. The zero-order valence-corrected chi connectivity index (χ0v) is 13.4. The number of halogens is 3. The Kier molecular flexibility index (Phi) is 5.52. The Hall–Kier alpha value is -1.68. The van der Waals surface area contributed by atoms with E-state index in [4.69, 9.17) is 0 Å². The number of alkyl halides is 3. The molecule has 0 aliphatic rings. The van der Waals surface area contributed by atoms with Gasteiger partial charge in [-0.05, 0) is 27.9 Å². The molecule has 1 heterocycles. The standard InChI is InChI=1S/C12H17F3N4O2S/c1-11(2,19(3)4)6-17-8(20)9(21)18-10-16-5-7(22-10)12(13,14)15/h5H,6H2,1-4H3,(H,17,20)(H,16,18,21). The van der Waals surface area contributed by atoms with Crippen molar-refractivity contribution in [2.45, 2.75) is 25.6 Å². The summed E-state index contributed by atoms with van der Waals surface area (Å²) in [5, 5.41) is 4.19. The molecule has 0 aliphatic carbocycles. The lowest BCUT2D eigenvalue weighted by atomic mass is 10.0. The minimum atomic E-state index is -4.53. The highest BCUT2D eigenvalue weighted by Crippen LogP contribution is 2.34. The molecule has 0 aliphatic heterocycles. The number of rotatable bonds is 4. The van der Waals surface area contributed by atoms with Crippen LogP contribution in [0.3, 0.4) is 0 Å². The fourth-order valence-corrected chi connectivity index (χ4v) is 1.83. The van der Waals surface area contributed by atoms with Crippen LogP contribution in [0.2, 0.25) is 0 Å². The van der Waals surface area contributed by atoms with Crippen molar-refractivity contribution in [3.05, 3.63) is 11.1 Å². The van der Waals surface area contributed by atoms with Crippen molar-refractivity contribution in [1.29, 1.82) is 0 Å². The highest BCUT2D eigenvalue weighted by Gasteiger charge is 2.33. The average molecular weight is 338 g/mol. The summed E-state index contributed by atoms with van der Waals surface area (Å²) in [6, 6.07) is 0. The molecule has 124 valence electrons. The van der Waals surface area contributed by atoms with Gasteiger partial charge in [-0.15, -0.1) is 0 Å². The van der Waals surface area contributed by atoms with E-state index in [1.165, 1.54) is 0 Å². The summed E-state index contributed by atoms with van der Waals surface area (Å²) in [6.45, 7) is 3.93. The van der Waals surface area contributed by atoms with Gasteiger partial charge in [-0.3, -0.25) is 14.9 Å². The number of aromatic nitrogens is 1. The minimum absolute atomic E-state index is 0.206. The topological polar surface area (TPSA) is 74.3 Å². The minimum Gasteiger partial charge on any atom is -0.346 e. The summed E-state index contributed by atoms with van der Waals surface area (Å²) < 4.78 is 37.2. The van der Waals surface area contributed by atoms with Crippen molar-refractivity contribution in [1.82, 2.24) is 15.2 Å². The molecule has 2 amide bonds. The molecule has 2 N–H and O–H groups in total. The second kappa shape index (κ2) is 6.61. The summed E-state index contributed by atoms with van der Waals surface area (Å²) in [6.07, 6.45) is -3.92. The zero-order valence-electron chi connectivity index (χ0n) is 12.5. The molecular weight excluding hydrogens is 321 g/mol. The number of nitrogens with zero attached hydrogens (tertiary/aromatic N) is 2. The fourth-order valence-electron chi connectivity index (χ4n) is 1.15. The molecule has 0 fully saturated rings. The summed E-state index contributed by atoms with van der Waals surface area (Å²) >= 11 is 0.258. The normalized spacial score (nSPS) is 12.4. The second-order valence-corrected chi connectivity index (χ2v) is 6.40. The summed E-state index contributed by atoms with van der Waals surface area (Å²) in [5.41, 5.74) is -0.374. The van der Waals surface area contributed by atoms with E-state index < -0.39 is 22.9 Å². The van der Waals surface area contributed by atoms with Gasteiger partial charge in [-0.25, -0.2) is 4.98 Å². The third-order valence-corrected chi connectivity index (χ3v) is 4.06. The molecular formula is C12H17F3N4O2S. The van der Waals surface area contributed by atoms with Gasteiger partial charge in [-0.1, -0.05) is 11.3 Å². The fraction of sp³-hybridized carbons (Fsp3) is 0.583. The number of carbonyl (C=O) groups excluding carboxylic acids is 2. The largest absolute Gasteiger partial charge is 0.427 e. The van der Waals surface area contributed by atoms with Gasteiger partial charge in [0, 0.05) is 12.1 Å². The maximum absolute atomic E-state index is 12.4. The Morgan fingerprint density at radius 1 is 1.27 bits per heavy atom. The molecule has 0 aromatic carbocycles. The van der Waals surface area contributed by atoms with Gasteiger partial charge in [0.2, 0.25) is 0 Å². The molecule has 0 radical (unpaired) electrons. The van der Waals surface area contributed by atoms with E-state index in [0.717, 1.165) is 0 Å². The van der Waals surface area contributed by atoms with Crippen molar-refractivity contribution in [2.24, 2.45) is 0 Å². The SMILES string of the molecule is CN(C)C(C)(C)CNC(=O)C(=O)Nc1ncc(C(F)(F)F)s1. The van der Waals surface area contributed by atoms with Crippen LogP contribution in [0, 0.1) is 0 Å². The number of hydrogen-bond donors (Lipinski definition) is 2. The highest BCUT2D eigenvalue weighted by atomic mass is 32.1. The van der Waals surface area contributed by atoms with Crippen molar-refractivity contribution in [3.8, 4) is 0 Å². The van der Waals surface area contributed by atoms with Crippen LogP contribution in [0.4, 0.5) is 18.3 Å². The van der Waals surface area contributed by atoms with E-state index >= 15 is 0 Å². The number of nitrogens with one attached hydrogen (secondary N) is 2. The van der Waals surface area contributed by atoms with Crippen LogP contribution in [0.15, 0.2) is 6.20 Å². The quantitative estimate of drug-likeness (QED) is 0.817. The maximum atomic E-state index is 12.4. The van der Waals surface area contributed by atoms with E-state index in [9.17, 15) is 22.8 Å². The van der Waals surface area contributed by atoms with Gasteiger partial charge in [0.1, 0.15) is 4.88 Å². The van der Waals surface area contributed by atoms with Crippen LogP contribution >= 0.6 is 11.3 Å². The monoisotopic (exact) mass is 338 g/mol. The molecule has 0 bridgehead atoms. The van der Waals surface area contributed by atoms with Gasteiger partial charge in [0.15, 0.2) is 5.13 Å². The van der Waals surface area contributed by atoms with Crippen molar-refractivity contribution in [3.63, 3.8) is 0 Å². The smallest absolute Gasteiger partial charge is 0.346 e. The Morgan fingerprint density at radius 2 is 1.86 bits per heavy atom. The number of hydrogen-bond acceptors (Lipinski definition) is 5. The van der Waals surface area contributed by atoms with Crippen LogP contribution in [0.1, 0.15) is 18.7 Å². The van der Waals surface area contributed by atoms with E-state index in [0.29, 0.717) is 6.20 Å². The number of thiazole rings is 1. The van der Waals surface area contributed by atoms with Gasteiger partial charge in [-0.2, -0.15) is 13.2 Å². The number of amides is 2. The van der Waals surface area contributed by atoms with Gasteiger partial charge in [0.25, 0.3) is 0 Å². The number of carbonyl (C=O) groups is 2. The third kappa shape index (κ3) is 4.95. The second-order valence-electron chi connectivity index (χ2n) is 5.37. The van der Waals surface area contributed by atoms with Crippen LogP contribution in [-0.2, 0) is 15.8 Å². The van der Waals surface area contributed by atoms with Crippen LogP contribution in [0.5, 0.6) is 0 Å². The zero-order chi connectivity index (χ0) is 17.1. The number of likely N-dealkylation sites (N-methyl/N-ethyl adjacent to an activating group) is 1. The molecule has 22 heavy (non-hydrogen) atoms. The predicted molar refractivity (Wildman–Crippen MR) is 76.5 cm³/mol. The van der Waals surface area contributed by atoms with E-state index in [2.05, 4.69) is 10.3 Å².